The van der Waals surface area contributed by atoms with Gasteiger partial charge in [0.25, 0.3) is 0 Å². The molecule has 0 aliphatic carbocycles. The second-order valence-electron chi connectivity index (χ2n) is 6.30. The molecule has 0 atom stereocenters. The number of rotatable bonds is 8. The van der Waals surface area contributed by atoms with Crippen LogP contribution in [0.1, 0.15) is 31.8 Å². The van der Waals surface area contributed by atoms with Crippen LogP contribution >= 0.6 is 0 Å². The van der Waals surface area contributed by atoms with Gasteiger partial charge < -0.3 is 14.6 Å². The van der Waals surface area contributed by atoms with Crippen LogP contribution in [-0.4, -0.2) is 30.4 Å². The van der Waals surface area contributed by atoms with Gasteiger partial charge in [-0.05, 0) is 71.8 Å². The van der Waals surface area contributed by atoms with Crippen molar-refractivity contribution >= 4 is 23.8 Å². The number of hydrazone groups is 1. The molecular formula is C23H20N2O5. The normalized spacial score (nSPS) is 10.6. The molecule has 152 valence electrons. The molecule has 3 rings (SSSR count). The summed E-state index contributed by atoms with van der Waals surface area (Å²) in [6.45, 7) is 0.378. The van der Waals surface area contributed by atoms with Crippen LogP contribution in [0.15, 0.2) is 77.9 Å². The molecule has 0 aliphatic rings. The van der Waals surface area contributed by atoms with E-state index in [1.807, 2.05) is 36.4 Å². The van der Waals surface area contributed by atoms with Gasteiger partial charge in [-0.15, -0.1) is 0 Å². The fourth-order valence-corrected chi connectivity index (χ4v) is 2.54. The van der Waals surface area contributed by atoms with Gasteiger partial charge in [-0.3, -0.25) is 5.43 Å². The van der Waals surface area contributed by atoms with Crippen molar-refractivity contribution in [3.63, 3.8) is 0 Å². The average molecular weight is 404 g/mol. The molecule has 0 aromatic heterocycles. The predicted molar refractivity (Wildman–Crippen MR) is 113 cm³/mol. The molecule has 0 aliphatic heterocycles. The lowest BCUT2D eigenvalue weighted by atomic mass is 10.1. The van der Waals surface area contributed by atoms with Gasteiger partial charge in [0.1, 0.15) is 12.4 Å². The second kappa shape index (κ2) is 9.88. The number of carbonyl (C=O) groups is 2. The smallest absolute Gasteiger partial charge is 0.337 e. The first-order valence-electron chi connectivity index (χ1n) is 9.08. The minimum Gasteiger partial charge on any atom is -0.489 e. The number of esters is 1. The molecular weight excluding hydrogens is 384 g/mol. The van der Waals surface area contributed by atoms with Gasteiger partial charge >= 0.3 is 11.9 Å². The summed E-state index contributed by atoms with van der Waals surface area (Å²) in [5.74, 6) is -0.626. The van der Waals surface area contributed by atoms with E-state index in [2.05, 4.69) is 15.3 Å². The molecule has 7 nitrogen and oxygen atoms in total. The van der Waals surface area contributed by atoms with E-state index in [0.29, 0.717) is 23.6 Å². The molecule has 0 spiro atoms. The molecule has 2 N–H and O–H groups in total. The van der Waals surface area contributed by atoms with Crippen LogP contribution in [0.5, 0.6) is 5.75 Å². The van der Waals surface area contributed by atoms with E-state index in [1.165, 1.54) is 19.2 Å². The Morgan fingerprint density at radius 1 is 0.933 bits per heavy atom. The highest BCUT2D eigenvalue weighted by atomic mass is 16.5. The Balaban J connectivity index is 1.50. The third-order valence-electron chi connectivity index (χ3n) is 4.20. The fraction of sp³-hybridized carbons (Fsp3) is 0.0870. The maximum atomic E-state index is 11.4. The van der Waals surface area contributed by atoms with E-state index in [4.69, 9.17) is 9.84 Å². The summed E-state index contributed by atoms with van der Waals surface area (Å²) in [6.07, 6.45) is 1.65. The highest BCUT2D eigenvalue weighted by Gasteiger charge is 2.05. The van der Waals surface area contributed by atoms with E-state index >= 15 is 0 Å². The first kappa shape index (κ1) is 20.6. The van der Waals surface area contributed by atoms with Crippen molar-refractivity contribution in [2.75, 3.05) is 12.5 Å². The lowest BCUT2D eigenvalue weighted by Gasteiger charge is -2.07. The summed E-state index contributed by atoms with van der Waals surface area (Å²) >= 11 is 0. The lowest BCUT2D eigenvalue weighted by molar-refractivity contribution is 0.0599. The Kier molecular flexibility index (Phi) is 6.78. The molecule has 3 aromatic carbocycles. The zero-order chi connectivity index (χ0) is 21.3. The Hall–Kier alpha value is -4.13. The van der Waals surface area contributed by atoms with Crippen molar-refractivity contribution in [3.05, 3.63) is 95.1 Å². The van der Waals surface area contributed by atoms with Gasteiger partial charge in [0.15, 0.2) is 0 Å². The highest BCUT2D eigenvalue weighted by Crippen LogP contribution is 2.15. The zero-order valence-corrected chi connectivity index (χ0v) is 16.2. The number of hydrogen-bond donors (Lipinski definition) is 2. The molecule has 0 unspecified atom stereocenters. The first-order chi connectivity index (χ1) is 14.5. The first-order valence-corrected chi connectivity index (χ1v) is 9.08. The average Bonchev–Trinajstić information content (AvgIpc) is 2.78. The number of methoxy groups -OCH3 is 1. The van der Waals surface area contributed by atoms with Gasteiger partial charge in [-0.1, -0.05) is 12.1 Å². The SMILES string of the molecule is COC(=O)c1ccc(COc2ccc(/C=N/Nc3ccc(C(=O)O)cc3)cc2)cc1. The van der Waals surface area contributed by atoms with E-state index in [1.54, 1.807) is 30.5 Å². The number of aromatic carboxylic acids is 1. The monoisotopic (exact) mass is 404 g/mol. The summed E-state index contributed by atoms with van der Waals surface area (Å²) < 4.78 is 10.4. The van der Waals surface area contributed by atoms with E-state index < -0.39 is 5.97 Å². The molecule has 0 bridgehead atoms. The van der Waals surface area contributed by atoms with Crippen LogP contribution in [0.2, 0.25) is 0 Å². The summed E-state index contributed by atoms with van der Waals surface area (Å²) in [6, 6.07) is 20.8. The van der Waals surface area contributed by atoms with Crippen molar-refractivity contribution in [3.8, 4) is 5.75 Å². The predicted octanol–water partition coefficient (Wildman–Crippen LogP) is 4.20. The maximum absolute atomic E-state index is 11.4. The molecule has 0 heterocycles. The molecule has 30 heavy (non-hydrogen) atoms. The number of carbonyl (C=O) groups excluding carboxylic acids is 1. The standard InChI is InChI=1S/C23H20N2O5/c1-29-23(28)19-6-2-17(3-7-19)15-30-21-12-4-16(5-13-21)14-24-25-20-10-8-18(9-11-20)22(26)27/h2-14,25H,15H2,1H3,(H,26,27)/b24-14+. The largest absolute Gasteiger partial charge is 0.489 e. The van der Waals surface area contributed by atoms with E-state index in [9.17, 15) is 9.59 Å². The van der Waals surface area contributed by atoms with Crippen LogP contribution in [0, 0.1) is 0 Å². The number of benzene rings is 3. The van der Waals surface area contributed by atoms with Crippen LogP contribution in [-0.2, 0) is 11.3 Å². The van der Waals surface area contributed by atoms with Crippen molar-refractivity contribution in [1.82, 2.24) is 0 Å². The molecule has 0 saturated heterocycles. The lowest BCUT2D eigenvalue weighted by Crippen LogP contribution is -2.02. The van der Waals surface area contributed by atoms with Crippen LogP contribution in [0.3, 0.4) is 0 Å². The number of hydrogen-bond acceptors (Lipinski definition) is 6. The molecule has 7 heteroatoms. The second-order valence-corrected chi connectivity index (χ2v) is 6.30. The maximum Gasteiger partial charge on any atom is 0.337 e. The Labute approximate surface area is 173 Å². The third kappa shape index (κ3) is 5.68. The van der Waals surface area contributed by atoms with Crippen LogP contribution < -0.4 is 10.2 Å². The van der Waals surface area contributed by atoms with Crippen LogP contribution in [0.25, 0.3) is 0 Å². The van der Waals surface area contributed by atoms with Gasteiger partial charge in [0.2, 0.25) is 0 Å². The molecule has 3 aromatic rings. The van der Waals surface area contributed by atoms with Crippen molar-refractivity contribution in [2.45, 2.75) is 6.61 Å². The van der Waals surface area contributed by atoms with Crippen molar-refractivity contribution in [2.24, 2.45) is 5.10 Å². The van der Waals surface area contributed by atoms with Gasteiger partial charge in [0.05, 0.1) is 30.1 Å². The zero-order valence-electron chi connectivity index (χ0n) is 16.2. The third-order valence-corrected chi connectivity index (χ3v) is 4.20. The van der Waals surface area contributed by atoms with Gasteiger partial charge in [-0.25, -0.2) is 9.59 Å². The van der Waals surface area contributed by atoms with Gasteiger partial charge in [-0.2, -0.15) is 5.10 Å². The summed E-state index contributed by atoms with van der Waals surface area (Å²) in [5, 5.41) is 13.0. The van der Waals surface area contributed by atoms with Crippen LogP contribution in [0.4, 0.5) is 5.69 Å². The summed E-state index contributed by atoms with van der Waals surface area (Å²) in [4.78, 5) is 22.3. The molecule has 0 amide bonds. The number of nitrogens with zero attached hydrogens (tertiary/aromatic N) is 1. The highest BCUT2D eigenvalue weighted by molar-refractivity contribution is 5.89. The summed E-state index contributed by atoms with van der Waals surface area (Å²) in [5.41, 5.74) is 6.07. The summed E-state index contributed by atoms with van der Waals surface area (Å²) in [7, 11) is 1.35. The van der Waals surface area contributed by atoms with E-state index in [-0.39, 0.29) is 11.5 Å². The Bertz CT molecular complexity index is 1030. The Morgan fingerprint density at radius 2 is 1.57 bits per heavy atom. The van der Waals surface area contributed by atoms with Gasteiger partial charge in [0, 0.05) is 0 Å². The number of carboxylic acid groups (broad SMARTS) is 1. The fourth-order valence-electron chi connectivity index (χ4n) is 2.54. The number of ether oxygens (including phenoxy) is 2. The minimum absolute atomic E-state index is 0.222. The number of carboxylic acids is 1. The molecule has 0 radical (unpaired) electrons. The van der Waals surface area contributed by atoms with E-state index in [0.717, 1.165) is 11.1 Å². The number of anilines is 1. The molecule has 0 saturated carbocycles. The Morgan fingerprint density at radius 3 is 2.17 bits per heavy atom. The van der Waals surface area contributed by atoms with Crippen molar-refractivity contribution in [1.29, 1.82) is 0 Å². The minimum atomic E-state index is -0.967. The number of nitrogens with one attached hydrogen (secondary N) is 1. The molecule has 0 fully saturated rings. The topological polar surface area (TPSA) is 97.2 Å². The van der Waals surface area contributed by atoms with Crippen molar-refractivity contribution < 1.29 is 24.2 Å². The quantitative estimate of drug-likeness (QED) is 0.332.